The largest absolute Gasteiger partial charge is 0.394 e. The maximum atomic E-state index is 12.7. The van der Waals surface area contributed by atoms with E-state index in [4.69, 9.17) is 0 Å². The lowest BCUT2D eigenvalue weighted by atomic mass is 10.0. The molecular weight excluding hydrogens is 344 g/mol. The highest BCUT2D eigenvalue weighted by Gasteiger charge is 2.37. The summed E-state index contributed by atoms with van der Waals surface area (Å²) in [6, 6.07) is 16.4. The predicted molar refractivity (Wildman–Crippen MR) is 101 cm³/mol. The van der Waals surface area contributed by atoms with E-state index in [2.05, 4.69) is 15.5 Å². The highest BCUT2D eigenvalue weighted by Crippen LogP contribution is 2.30. The molecule has 0 bridgehead atoms. The second-order valence-corrected chi connectivity index (χ2v) is 6.65. The Labute approximate surface area is 156 Å². The monoisotopic (exact) mass is 364 g/mol. The number of fused-ring (bicyclic) bond motifs is 1. The molecule has 2 atom stereocenters. The number of nitrogens with zero attached hydrogens (tertiary/aromatic N) is 2. The van der Waals surface area contributed by atoms with E-state index in [1.54, 1.807) is 4.90 Å². The molecule has 0 radical (unpaired) electrons. The fourth-order valence-electron chi connectivity index (χ4n) is 3.45. The smallest absolute Gasteiger partial charge is 0.229 e. The van der Waals surface area contributed by atoms with E-state index < -0.39 is 12.0 Å². The van der Waals surface area contributed by atoms with Gasteiger partial charge < -0.3 is 10.4 Å². The minimum atomic E-state index is -0.492. The molecule has 1 saturated heterocycles. The summed E-state index contributed by atoms with van der Waals surface area (Å²) in [5.41, 5.74) is 1.67. The molecule has 1 aromatic heterocycles. The highest BCUT2D eigenvalue weighted by molar-refractivity contribution is 6.05. The first-order valence-corrected chi connectivity index (χ1v) is 8.87. The number of rotatable bonds is 5. The molecule has 7 nitrogen and oxygen atoms in total. The van der Waals surface area contributed by atoms with Gasteiger partial charge in [0.2, 0.25) is 11.8 Å². The third-order valence-corrected chi connectivity index (χ3v) is 4.90. The molecule has 3 N–H and O–H groups in total. The third kappa shape index (κ3) is 3.29. The number of aromatic nitrogens is 2. The van der Waals surface area contributed by atoms with Crippen LogP contribution >= 0.6 is 0 Å². The molecule has 1 aliphatic heterocycles. The number of benzene rings is 2. The average molecular weight is 364 g/mol. The van der Waals surface area contributed by atoms with Crippen LogP contribution in [0.2, 0.25) is 0 Å². The van der Waals surface area contributed by atoms with Gasteiger partial charge in [-0.3, -0.25) is 19.6 Å². The first-order chi connectivity index (χ1) is 13.2. The van der Waals surface area contributed by atoms with Crippen LogP contribution in [0.25, 0.3) is 10.9 Å². The normalized spacial score (nSPS) is 18.0. The molecule has 27 heavy (non-hydrogen) atoms. The summed E-state index contributed by atoms with van der Waals surface area (Å²) in [5.74, 6) is -0.306. The zero-order valence-electron chi connectivity index (χ0n) is 14.6. The van der Waals surface area contributed by atoms with E-state index in [-0.39, 0.29) is 31.4 Å². The number of aliphatic hydroxyl groups excluding tert-OH is 1. The van der Waals surface area contributed by atoms with Crippen molar-refractivity contribution in [3.8, 4) is 0 Å². The van der Waals surface area contributed by atoms with Gasteiger partial charge in [-0.25, -0.2) is 0 Å². The Morgan fingerprint density at radius 2 is 1.96 bits per heavy atom. The van der Waals surface area contributed by atoms with Crippen LogP contribution in [-0.2, 0) is 9.59 Å². The number of hydrogen-bond acceptors (Lipinski definition) is 4. The van der Waals surface area contributed by atoms with Crippen molar-refractivity contribution >= 4 is 28.5 Å². The average Bonchev–Trinajstić information content (AvgIpc) is 3.30. The number of aromatic amines is 1. The van der Waals surface area contributed by atoms with Crippen LogP contribution in [0.3, 0.4) is 0 Å². The first-order valence-electron chi connectivity index (χ1n) is 8.87. The van der Waals surface area contributed by atoms with Gasteiger partial charge in [0, 0.05) is 18.4 Å². The third-order valence-electron chi connectivity index (χ3n) is 4.90. The molecule has 0 spiro atoms. The van der Waals surface area contributed by atoms with Gasteiger partial charge in [0.1, 0.15) is 0 Å². The number of hydrogen-bond donors (Lipinski definition) is 3. The van der Waals surface area contributed by atoms with Crippen LogP contribution < -0.4 is 10.2 Å². The van der Waals surface area contributed by atoms with Gasteiger partial charge in [0.25, 0.3) is 0 Å². The number of para-hydroxylation sites is 1. The Kier molecular flexibility index (Phi) is 4.60. The number of amides is 2. The van der Waals surface area contributed by atoms with E-state index in [0.717, 1.165) is 16.5 Å². The molecule has 2 heterocycles. The molecule has 1 fully saturated rings. The van der Waals surface area contributed by atoms with E-state index >= 15 is 0 Å². The van der Waals surface area contributed by atoms with Gasteiger partial charge in [-0.05, 0) is 17.7 Å². The van der Waals surface area contributed by atoms with E-state index in [9.17, 15) is 14.7 Å². The Balaban J connectivity index is 1.49. The summed E-state index contributed by atoms with van der Waals surface area (Å²) in [5, 5.41) is 20.5. The molecule has 0 saturated carbocycles. The molecule has 0 aliphatic carbocycles. The minimum absolute atomic E-state index is 0.125. The lowest BCUT2D eigenvalue weighted by molar-refractivity contribution is -0.127. The zero-order valence-corrected chi connectivity index (χ0v) is 14.6. The summed E-state index contributed by atoms with van der Waals surface area (Å²) in [6.45, 7) is 0.0661. The molecular formula is C20H20N4O3. The van der Waals surface area contributed by atoms with Crippen LogP contribution in [0.4, 0.5) is 5.82 Å². The van der Waals surface area contributed by atoms with Gasteiger partial charge in [0.15, 0.2) is 5.82 Å². The van der Waals surface area contributed by atoms with Crippen molar-refractivity contribution in [1.82, 2.24) is 15.5 Å². The van der Waals surface area contributed by atoms with Crippen LogP contribution in [0.1, 0.15) is 18.0 Å². The molecule has 1 aliphatic rings. The van der Waals surface area contributed by atoms with Crippen molar-refractivity contribution < 1.29 is 14.7 Å². The van der Waals surface area contributed by atoms with E-state index in [0.29, 0.717) is 5.82 Å². The maximum absolute atomic E-state index is 12.7. The van der Waals surface area contributed by atoms with Crippen LogP contribution in [0, 0.1) is 5.92 Å². The number of anilines is 1. The van der Waals surface area contributed by atoms with Crippen molar-refractivity contribution in [2.75, 3.05) is 18.1 Å². The molecule has 138 valence electrons. The molecule has 3 aromatic rings. The van der Waals surface area contributed by atoms with E-state index in [1.165, 1.54) is 0 Å². The summed E-state index contributed by atoms with van der Waals surface area (Å²) < 4.78 is 0. The minimum Gasteiger partial charge on any atom is -0.394 e. The molecule has 2 amide bonds. The standard InChI is InChI=1S/C20H20N4O3/c25-12-17(13-6-2-1-3-7-13)21-20(27)14-10-18(26)24(11-14)19-15-8-4-5-9-16(15)22-23-19/h1-9,14,17,25H,10-12H2,(H,21,27)(H,22,23)/t14?,17-/m1/s1. The van der Waals surface area contributed by atoms with Crippen LogP contribution in [-0.4, -0.2) is 40.3 Å². The van der Waals surface area contributed by atoms with Crippen LogP contribution in [0.15, 0.2) is 54.6 Å². The Morgan fingerprint density at radius 1 is 1.22 bits per heavy atom. The summed E-state index contributed by atoms with van der Waals surface area (Å²) in [4.78, 5) is 26.7. The van der Waals surface area contributed by atoms with Gasteiger partial charge >= 0.3 is 0 Å². The lowest BCUT2D eigenvalue weighted by Gasteiger charge is -2.19. The van der Waals surface area contributed by atoms with Gasteiger partial charge in [-0.15, -0.1) is 0 Å². The van der Waals surface area contributed by atoms with Crippen molar-refractivity contribution in [3.05, 3.63) is 60.2 Å². The topological polar surface area (TPSA) is 98.3 Å². The highest BCUT2D eigenvalue weighted by atomic mass is 16.3. The van der Waals surface area contributed by atoms with Gasteiger partial charge in [0.05, 0.1) is 24.1 Å². The number of nitrogens with one attached hydrogen (secondary N) is 2. The summed E-state index contributed by atoms with van der Waals surface area (Å²) in [7, 11) is 0. The fraction of sp³-hybridized carbons (Fsp3) is 0.250. The Morgan fingerprint density at radius 3 is 2.74 bits per heavy atom. The maximum Gasteiger partial charge on any atom is 0.229 e. The van der Waals surface area contributed by atoms with Crippen LogP contribution in [0.5, 0.6) is 0 Å². The zero-order chi connectivity index (χ0) is 18.8. The number of H-pyrrole nitrogens is 1. The summed E-state index contributed by atoms with van der Waals surface area (Å²) >= 11 is 0. The van der Waals surface area contributed by atoms with Crippen molar-refractivity contribution in [1.29, 1.82) is 0 Å². The SMILES string of the molecule is O=C(N[C@H](CO)c1ccccc1)C1CC(=O)N(c2n[nH]c3ccccc23)C1. The molecule has 4 rings (SSSR count). The molecule has 1 unspecified atom stereocenters. The number of aliphatic hydroxyl groups is 1. The number of carbonyl (C=O) groups excluding carboxylic acids is 2. The van der Waals surface area contributed by atoms with Crippen molar-refractivity contribution in [2.24, 2.45) is 5.92 Å². The quantitative estimate of drug-likeness (QED) is 0.642. The first kappa shape index (κ1) is 17.2. The van der Waals surface area contributed by atoms with Gasteiger partial charge in [-0.2, -0.15) is 5.10 Å². The number of carbonyl (C=O) groups is 2. The predicted octanol–water partition coefficient (Wildman–Crippen LogP) is 1.77. The molecule has 2 aromatic carbocycles. The van der Waals surface area contributed by atoms with E-state index in [1.807, 2.05) is 54.6 Å². The fourth-order valence-corrected chi connectivity index (χ4v) is 3.45. The molecule has 7 heteroatoms. The second-order valence-electron chi connectivity index (χ2n) is 6.65. The lowest BCUT2D eigenvalue weighted by Crippen LogP contribution is -2.37. The van der Waals surface area contributed by atoms with Crippen molar-refractivity contribution in [3.63, 3.8) is 0 Å². The second kappa shape index (κ2) is 7.20. The van der Waals surface area contributed by atoms with Gasteiger partial charge in [-0.1, -0.05) is 42.5 Å². The van der Waals surface area contributed by atoms with Crippen molar-refractivity contribution in [2.45, 2.75) is 12.5 Å². The Bertz CT molecular complexity index is 970. The summed E-state index contributed by atoms with van der Waals surface area (Å²) in [6.07, 6.45) is 0.125. The Hall–Kier alpha value is -3.19.